The van der Waals surface area contributed by atoms with Crippen molar-refractivity contribution in [3.05, 3.63) is 70.2 Å². The van der Waals surface area contributed by atoms with E-state index >= 15 is 0 Å². The molecule has 9 heteroatoms. The van der Waals surface area contributed by atoms with Crippen molar-refractivity contribution >= 4 is 17.5 Å². The Kier molecular flexibility index (Phi) is 5.88. The van der Waals surface area contributed by atoms with Crippen LogP contribution in [0.3, 0.4) is 0 Å². The number of hydrogen-bond donors (Lipinski definition) is 1. The van der Waals surface area contributed by atoms with Gasteiger partial charge in [0.2, 0.25) is 11.5 Å². The summed E-state index contributed by atoms with van der Waals surface area (Å²) in [6, 6.07) is 7.06. The van der Waals surface area contributed by atoms with E-state index in [4.69, 9.17) is 9.15 Å². The molecule has 162 valence electrons. The van der Waals surface area contributed by atoms with Crippen LogP contribution in [0.25, 0.3) is 11.3 Å². The molecule has 0 atom stereocenters. The second kappa shape index (κ2) is 8.25. The molecule has 0 spiro atoms. The van der Waals surface area contributed by atoms with E-state index in [2.05, 4.69) is 4.98 Å². The van der Waals surface area contributed by atoms with Crippen LogP contribution in [0.5, 0.6) is 0 Å². The summed E-state index contributed by atoms with van der Waals surface area (Å²) in [6.07, 6.45) is -4.51. The van der Waals surface area contributed by atoms with E-state index in [1.54, 1.807) is 13.8 Å². The fraction of sp³-hybridized carbons (Fsp3) is 0.227. The molecule has 6 nitrogen and oxygen atoms in total. The van der Waals surface area contributed by atoms with Gasteiger partial charge in [-0.05, 0) is 50.6 Å². The molecular formula is C22H18F3NO5. The van der Waals surface area contributed by atoms with Gasteiger partial charge in [-0.2, -0.15) is 13.2 Å². The highest BCUT2D eigenvalue weighted by Gasteiger charge is 2.30. The quantitative estimate of drug-likeness (QED) is 0.429. The van der Waals surface area contributed by atoms with E-state index in [-0.39, 0.29) is 28.6 Å². The lowest BCUT2D eigenvalue weighted by Crippen LogP contribution is -2.15. The Hall–Kier alpha value is -3.62. The Morgan fingerprint density at radius 3 is 2.42 bits per heavy atom. The predicted molar refractivity (Wildman–Crippen MR) is 104 cm³/mol. The molecule has 0 fully saturated rings. The summed E-state index contributed by atoms with van der Waals surface area (Å²) in [5.74, 6) is -1.89. The fourth-order valence-corrected chi connectivity index (χ4v) is 3.28. The van der Waals surface area contributed by atoms with Gasteiger partial charge in [-0.1, -0.05) is 12.1 Å². The van der Waals surface area contributed by atoms with Crippen LogP contribution in [-0.2, 0) is 10.9 Å². The number of ether oxygens (including phenoxy) is 1. The highest BCUT2D eigenvalue weighted by atomic mass is 19.4. The zero-order valence-corrected chi connectivity index (χ0v) is 16.8. The smallest absolute Gasteiger partial charge is 0.416 e. The maximum atomic E-state index is 12.9. The van der Waals surface area contributed by atoms with Gasteiger partial charge >= 0.3 is 12.1 Å². The lowest BCUT2D eigenvalue weighted by atomic mass is 10.1. The number of carbonyl (C=O) groups excluding carboxylic acids is 3. The van der Waals surface area contributed by atoms with Gasteiger partial charge in [-0.25, -0.2) is 4.79 Å². The maximum absolute atomic E-state index is 12.9. The summed E-state index contributed by atoms with van der Waals surface area (Å²) in [6.45, 7) is 4.06. The lowest BCUT2D eigenvalue weighted by molar-refractivity contribution is -0.137. The molecule has 1 N–H and O–H groups in total. The normalized spacial score (nSPS) is 11.4. The van der Waals surface area contributed by atoms with Gasteiger partial charge in [0.05, 0.1) is 11.3 Å². The summed E-state index contributed by atoms with van der Waals surface area (Å²) in [5.41, 5.74) is 0.871. The van der Waals surface area contributed by atoms with Gasteiger partial charge in [0.1, 0.15) is 5.76 Å². The molecule has 0 amide bonds. The van der Waals surface area contributed by atoms with Crippen molar-refractivity contribution in [3.63, 3.8) is 0 Å². The van der Waals surface area contributed by atoms with E-state index < -0.39 is 30.1 Å². The average molecular weight is 433 g/mol. The Labute approximate surface area is 175 Å². The van der Waals surface area contributed by atoms with E-state index in [1.807, 2.05) is 0 Å². The van der Waals surface area contributed by atoms with Crippen LogP contribution in [0.1, 0.15) is 55.1 Å². The van der Waals surface area contributed by atoms with E-state index in [9.17, 15) is 27.6 Å². The Balaban J connectivity index is 1.71. The fourth-order valence-electron chi connectivity index (χ4n) is 3.28. The average Bonchev–Trinajstić information content (AvgIpc) is 3.30. The standard InChI is InChI=1S/C22H18F3NO5/c1-11-19(13(3)27)12(2)26-20(11)16(28)10-30-21(29)18-8-7-17(31-18)14-5-4-6-15(9-14)22(23,24)25/h4-9,26H,10H2,1-3H3. The largest absolute Gasteiger partial charge is 0.451 e. The SMILES string of the molecule is CC(=O)c1c(C)[nH]c(C(=O)COC(=O)c2ccc(-c3cccc(C(F)(F)F)c3)o2)c1C. The number of H-pyrrole nitrogens is 1. The first-order chi connectivity index (χ1) is 14.5. The number of aromatic amines is 1. The number of benzene rings is 1. The van der Waals surface area contributed by atoms with Crippen molar-refractivity contribution in [2.24, 2.45) is 0 Å². The van der Waals surface area contributed by atoms with Crippen LogP contribution in [0.15, 0.2) is 40.8 Å². The van der Waals surface area contributed by atoms with Crippen LogP contribution >= 0.6 is 0 Å². The molecular weight excluding hydrogens is 415 g/mol. The molecule has 0 saturated carbocycles. The van der Waals surface area contributed by atoms with Crippen LogP contribution in [0.2, 0.25) is 0 Å². The van der Waals surface area contributed by atoms with Gasteiger partial charge in [0.25, 0.3) is 0 Å². The second-order valence-corrected chi connectivity index (χ2v) is 6.92. The molecule has 0 aliphatic rings. The number of Topliss-reactive ketones (excluding diaryl/α,β-unsaturated/α-hetero) is 2. The summed E-state index contributed by atoms with van der Waals surface area (Å²) in [4.78, 5) is 39.1. The second-order valence-electron chi connectivity index (χ2n) is 6.92. The number of nitrogens with one attached hydrogen (secondary N) is 1. The molecule has 0 unspecified atom stereocenters. The van der Waals surface area contributed by atoms with Crippen molar-refractivity contribution in [1.29, 1.82) is 0 Å². The van der Waals surface area contributed by atoms with Crippen LogP contribution in [0, 0.1) is 13.8 Å². The summed E-state index contributed by atoms with van der Waals surface area (Å²) in [5, 5.41) is 0. The summed E-state index contributed by atoms with van der Waals surface area (Å²) >= 11 is 0. The molecule has 0 bridgehead atoms. The lowest BCUT2D eigenvalue weighted by Gasteiger charge is -2.07. The number of alkyl halides is 3. The highest BCUT2D eigenvalue weighted by Crippen LogP contribution is 2.32. The van der Waals surface area contributed by atoms with Crippen LogP contribution in [0.4, 0.5) is 13.2 Å². The van der Waals surface area contributed by atoms with Gasteiger partial charge in [0.15, 0.2) is 12.4 Å². The topological polar surface area (TPSA) is 89.4 Å². The van der Waals surface area contributed by atoms with Gasteiger partial charge < -0.3 is 14.1 Å². The zero-order chi connectivity index (χ0) is 22.9. The number of furan rings is 1. The molecule has 2 aromatic heterocycles. The summed E-state index contributed by atoms with van der Waals surface area (Å²) in [7, 11) is 0. The number of carbonyl (C=O) groups is 3. The number of aromatic nitrogens is 1. The number of rotatable bonds is 6. The van der Waals surface area contributed by atoms with Gasteiger partial charge in [-0.3, -0.25) is 9.59 Å². The Morgan fingerprint density at radius 1 is 1.10 bits per heavy atom. The molecule has 3 rings (SSSR count). The first-order valence-corrected chi connectivity index (χ1v) is 9.17. The molecule has 0 aliphatic carbocycles. The first kappa shape index (κ1) is 22.1. The maximum Gasteiger partial charge on any atom is 0.416 e. The van der Waals surface area contributed by atoms with E-state index in [1.165, 1.54) is 31.2 Å². The van der Waals surface area contributed by atoms with Crippen molar-refractivity contribution in [2.45, 2.75) is 26.9 Å². The third-order valence-electron chi connectivity index (χ3n) is 4.68. The Bertz CT molecular complexity index is 1170. The van der Waals surface area contributed by atoms with E-state index in [0.717, 1.165) is 12.1 Å². The molecule has 1 aromatic carbocycles. The zero-order valence-electron chi connectivity index (χ0n) is 16.8. The number of aryl methyl sites for hydroxylation is 1. The number of hydrogen-bond acceptors (Lipinski definition) is 5. The molecule has 31 heavy (non-hydrogen) atoms. The van der Waals surface area contributed by atoms with E-state index in [0.29, 0.717) is 16.8 Å². The summed E-state index contributed by atoms with van der Waals surface area (Å²) < 4.78 is 48.9. The first-order valence-electron chi connectivity index (χ1n) is 9.17. The molecule has 2 heterocycles. The molecule has 0 radical (unpaired) electrons. The predicted octanol–water partition coefficient (Wildman–Crippen LogP) is 5.15. The molecule has 0 aliphatic heterocycles. The number of ketones is 2. The van der Waals surface area contributed by atoms with Gasteiger partial charge in [-0.15, -0.1) is 0 Å². The third-order valence-corrected chi connectivity index (χ3v) is 4.68. The number of esters is 1. The van der Waals surface area contributed by atoms with Crippen molar-refractivity contribution in [2.75, 3.05) is 6.61 Å². The minimum absolute atomic E-state index is 0.0475. The minimum atomic E-state index is -4.51. The van der Waals surface area contributed by atoms with Crippen molar-refractivity contribution in [3.8, 4) is 11.3 Å². The molecule has 0 saturated heterocycles. The van der Waals surface area contributed by atoms with Crippen molar-refractivity contribution in [1.82, 2.24) is 4.98 Å². The Morgan fingerprint density at radius 2 is 1.81 bits per heavy atom. The van der Waals surface area contributed by atoms with Crippen LogP contribution in [-0.4, -0.2) is 29.1 Å². The monoisotopic (exact) mass is 433 g/mol. The van der Waals surface area contributed by atoms with Gasteiger partial charge in [0, 0.05) is 16.8 Å². The van der Waals surface area contributed by atoms with Crippen molar-refractivity contribution < 1.29 is 36.7 Å². The minimum Gasteiger partial charge on any atom is -0.451 e. The number of halogens is 3. The molecule has 3 aromatic rings. The third kappa shape index (κ3) is 4.60. The highest BCUT2D eigenvalue weighted by molar-refractivity contribution is 6.04. The van der Waals surface area contributed by atoms with Crippen LogP contribution < -0.4 is 0 Å².